The zero-order valence-corrected chi connectivity index (χ0v) is 12.0. The Kier molecular flexibility index (Phi) is 3.64. The first kappa shape index (κ1) is 13.1. The Morgan fingerprint density at radius 2 is 2.30 bits per heavy atom. The molecule has 0 aliphatic heterocycles. The number of nitrogens with zero attached hydrogens (tertiary/aromatic N) is 2. The molecule has 1 aliphatic rings. The topological polar surface area (TPSA) is 66.9 Å². The molecule has 20 heavy (non-hydrogen) atoms. The molecular formula is C14H16N4OS. The molecule has 6 heteroatoms. The van der Waals surface area contributed by atoms with Crippen molar-refractivity contribution in [1.82, 2.24) is 15.3 Å². The number of thiazole rings is 1. The summed E-state index contributed by atoms with van der Waals surface area (Å²) in [5, 5.41) is 8.33. The lowest BCUT2D eigenvalue weighted by Crippen LogP contribution is -2.37. The van der Waals surface area contributed by atoms with Gasteiger partial charge in [0, 0.05) is 17.6 Å². The predicted octanol–water partition coefficient (Wildman–Crippen LogP) is 3.13. The van der Waals surface area contributed by atoms with Crippen LogP contribution in [-0.2, 0) is 0 Å². The average Bonchev–Trinajstić information content (AvgIpc) is 3.21. The van der Waals surface area contributed by atoms with Crippen LogP contribution >= 0.6 is 11.3 Å². The van der Waals surface area contributed by atoms with Crippen LogP contribution in [0.2, 0.25) is 0 Å². The fourth-order valence-electron chi connectivity index (χ4n) is 2.01. The average molecular weight is 288 g/mol. The van der Waals surface area contributed by atoms with Gasteiger partial charge in [0.1, 0.15) is 10.8 Å². The first-order chi connectivity index (χ1) is 9.72. The van der Waals surface area contributed by atoms with E-state index in [0.29, 0.717) is 11.7 Å². The Labute approximate surface area is 121 Å². The van der Waals surface area contributed by atoms with Crippen LogP contribution < -0.4 is 10.6 Å². The van der Waals surface area contributed by atoms with Gasteiger partial charge in [-0.15, -0.1) is 11.3 Å². The van der Waals surface area contributed by atoms with E-state index in [1.807, 2.05) is 30.5 Å². The molecule has 1 aliphatic carbocycles. The van der Waals surface area contributed by atoms with E-state index in [0.717, 1.165) is 10.7 Å². The SMILES string of the molecule is C[C@H](NC(=O)Nc1csc(-c2ccccn2)n1)C1CC1. The first-order valence-electron chi connectivity index (χ1n) is 6.67. The number of pyridine rings is 1. The van der Waals surface area contributed by atoms with Gasteiger partial charge in [0.25, 0.3) is 0 Å². The highest BCUT2D eigenvalue weighted by molar-refractivity contribution is 7.13. The minimum Gasteiger partial charge on any atom is -0.335 e. The zero-order chi connectivity index (χ0) is 13.9. The molecule has 1 fully saturated rings. The molecule has 0 bridgehead atoms. The van der Waals surface area contributed by atoms with Crippen molar-refractivity contribution in [2.24, 2.45) is 5.92 Å². The number of amides is 2. The van der Waals surface area contributed by atoms with Crippen molar-refractivity contribution in [3.63, 3.8) is 0 Å². The van der Waals surface area contributed by atoms with Crippen LogP contribution in [0.4, 0.5) is 10.6 Å². The molecule has 0 saturated heterocycles. The van der Waals surface area contributed by atoms with E-state index in [9.17, 15) is 4.79 Å². The molecule has 1 saturated carbocycles. The van der Waals surface area contributed by atoms with E-state index < -0.39 is 0 Å². The second kappa shape index (κ2) is 5.58. The van der Waals surface area contributed by atoms with E-state index in [1.54, 1.807) is 6.20 Å². The summed E-state index contributed by atoms with van der Waals surface area (Å²) in [5.41, 5.74) is 0.817. The Hall–Kier alpha value is -1.95. The van der Waals surface area contributed by atoms with Crippen molar-refractivity contribution in [2.45, 2.75) is 25.8 Å². The Morgan fingerprint density at radius 3 is 3.00 bits per heavy atom. The maximum atomic E-state index is 11.8. The molecule has 0 unspecified atom stereocenters. The van der Waals surface area contributed by atoms with Gasteiger partial charge >= 0.3 is 6.03 Å². The highest BCUT2D eigenvalue weighted by Crippen LogP contribution is 2.32. The molecule has 5 nitrogen and oxygen atoms in total. The summed E-state index contributed by atoms with van der Waals surface area (Å²) in [6, 6.07) is 5.72. The number of carbonyl (C=O) groups is 1. The monoisotopic (exact) mass is 288 g/mol. The lowest BCUT2D eigenvalue weighted by Gasteiger charge is -2.12. The molecule has 104 valence electrons. The fraction of sp³-hybridized carbons (Fsp3) is 0.357. The number of rotatable bonds is 4. The van der Waals surface area contributed by atoms with Gasteiger partial charge in [0.2, 0.25) is 0 Å². The summed E-state index contributed by atoms with van der Waals surface area (Å²) >= 11 is 1.47. The second-order valence-corrected chi connectivity index (χ2v) is 5.84. The first-order valence-corrected chi connectivity index (χ1v) is 7.55. The molecule has 2 N–H and O–H groups in total. The number of hydrogen-bond acceptors (Lipinski definition) is 4. The van der Waals surface area contributed by atoms with Gasteiger partial charge in [-0.3, -0.25) is 10.3 Å². The van der Waals surface area contributed by atoms with Crippen molar-refractivity contribution in [3.8, 4) is 10.7 Å². The summed E-state index contributed by atoms with van der Waals surface area (Å²) in [6.07, 6.45) is 4.15. The van der Waals surface area contributed by atoms with Gasteiger partial charge in [0.05, 0.1) is 5.69 Å². The Bertz CT molecular complexity index is 594. The lowest BCUT2D eigenvalue weighted by atomic mass is 10.2. The van der Waals surface area contributed by atoms with E-state index in [4.69, 9.17) is 0 Å². The fourth-order valence-corrected chi connectivity index (χ4v) is 2.74. The Balaban J connectivity index is 1.61. The minimum atomic E-state index is -0.192. The van der Waals surface area contributed by atoms with Crippen molar-refractivity contribution >= 4 is 23.2 Å². The number of hydrogen-bond donors (Lipinski definition) is 2. The molecule has 3 rings (SSSR count). The zero-order valence-electron chi connectivity index (χ0n) is 11.2. The van der Waals surface area contributed by atoms with Gasteiger partial charge in [-0.1, -0.05) is 6.07 Å². The van der Waals surface area contributed by atoms with Crippen molar-refractivity contribution in [3.05, 3.63) is 29.8 Å². The van der Waals surface area contributed by atoms with Crippen molar-refractivity contribution in [1.29, 1.82) is 0 Å². The quantitative estimate of drug-likeness (QED) is 0.908. The molecule has 2 heterocycles. The molecule has 1 atom stereocenters. The largest absolute Gasteiger partial charge is 0.335 e. The summed E-state index contributed by atoms with van der Waals surface area (Å²) in [5.74, 6) is 1.21. The highest BCUT2D eigenvalue weighted by atomic mass is 32.1. The number of urea groups is 1. The smallest absolute Gasteiger partial charge is 0.320 e. The molecule has 2 aromatic rings. The van der Waals surface area contributed by atoms with Gasteiger partial charge in [0.15, 0.2) is 0 Å². The van der Waals surface area contributed by atoms with Crippen LogP contribution in [0.3, 0.4) is 0 Å². The number of nitrogens with one attached hydrogen (secondary N) is 2. The maximum absolute atomic E-state index is 11.8. The molecule has 0 radical (unpaired) electrons. The maximum Gasteiger partial charge on any atom is 0.320 e. The van der Waals surface area contributed by atoms with Crippen LogP contribution in [0, 0.1) is 5.92 Å². The summed E-state index contributed by atoms with van der Waals surface area (Å²) < 4.78 is 0. The van der Waals surface area contributed by atoms with Gasteiger partial charge < -0.3 is 5.32 Å². The van der Waals surface area contributed by atoms with E-state index >= 15 is 0 Å². The van der Waals surface area contributed by atoms with Crippen molar-refractivity contribution < 1.29 is 4.79 Å². The number of carbonyl (C=O) groups excluding carboxylic acids is 1. The van der Waals surface area contributed by atoms with E-state index in [2.05, 4.69) is 20.6 Å². The summed E-state index contributed by atoms with van der Waals surface area (Å²) in [4.78, 5) is 20.4. The predicted molar refractivity (Wildman–Crippen MR) is 79.7 cm³/mol. The summed E-state index contributed by atoms with van der Waals surface area (Å²) in [7, 11) is 0. The highest BCUT2D eigenvalue weighted by Gasteiger charge is 2.28. The van der Waals surface area contributed by atoms with Crippen LogP contribution in [0.1, 0.15) is 19.8 Å². The normalized spacial score (nSPS) is 15.7. The van der Waals surface area contributed by atoms with Gasteiger partial charge in [-0.05, 0) is 37.8 Å². The minimum absolute atomic E-state index is 0.192. The van der Waals surface area contributed by atoms with Crippen molar-refractivity contribution in [2.75, 3.05) is 5.32 Å². The molecule has 0 aromatic carbocycles. The molecule has 2 amide bonds. The molecular weight excluding hydrogens is 272 g/mol. The lowest BCUT2D eigenvalue weighted by molar-refractivity contribution is 0.248. The van der Waals surface area contributed by atoms with Gasteiger partial charge in [-0.25, -0.2) is 9.78 Å². The third-order valence-corrected chi connectivity index (χ3v) is 4.18. The third-order valence-electron chi connectivity index (χ3n) is 3.32. The number of anilines is 1. The van der Waals surface area contributed by atoms with Crippen LogP contribution in [0.15, 0.2) is 29.8 Å². The standard InChI is InChI=1S/C14H16N4OS/c1-9(10-5-6-10)16-14(19)18-12-8-20-13(17-12)11-4-2-3-7-15-11/h2-4,7-10H,5-6H2,1H3,(H2,16,18,19)/t9-/m0/s1. The Morgan fingerprint density at radius 1 is 1.45 bits per heavy atom. The van der Waals surface area contributed by atoms with E-state index in [-0.39, 0.29) is 12.1 Å². The molecule has 0 spiro atoms. The number of aromatic nitrogens is 2. The summed E-state index contributed by atoms with van der Waals surface area (Å²) in [6.45, 7) is 2.04. The van der Waals surface area contributed by atoms with Crippen LogP contribution in [0.5, 0.6) is 0 Å². The molecule has 2 aromatic heterocycles. The van der Waals surface area contributed by atoms with Crippen LogP contribution in [-0.4, -0.2) is 22.0 Å². The van der Waals surface area contributed by atoms with E-state index in [1.165, 1.54) is 24.2 Å². The second-order valence-electron chi connectivity index (χ2n) is 4.98. The third kappa shape index (κ3) is 3.14. The van der Waals surface area contributed by atoms with Gasteiger partial charge in [-0.2, -0.15) is 0 Å². The van der Waals surface area contributed by atoms with Crippen LogP contribution in [0.25, 0.3) is 10.7 Å².